The summed E-state index contributed by atoms with van der Waals surface area (Å²) >= 11 is 0. The van der Waals surface area contributed by atoms with Crippen LogP contribution in [0.4, 0.5) is 0 Å². The fourth-order valence-electron chi connectivity index (χ4n) is 1.23. The molecule has 2 heteroatoms. The van der Waals surface area contributed by atoms with Crippen LogP contribution >= 0.6 is 0 Å². The van der Waals surface area contributed by atoms with Gasteiger partial charge in [-0.3, -0.25) is 0 Å². The molecule has 0 aromatic carbocycles. The van der Waals surface area contributed by atoms with E-state index in [1.165, 1.54) is 0 Å². The second kappa shape index (κ2) is 5.13. The van der Waals surface area contributed by atoms with E-state index in [0.29, 0.717) is 11.0 Å². The maximum Gasteiger partial charge on any atom is 0.192 e. The molecule has 0 rings (SSSR count). The minimum atomic E-state index is -1.58. The van der Waals surface area contributed by atoms with Crippen molar-refractivity contribution >= 4 is 8.32 Å². The standard InChI is InChI=1S/C12H26OSi/c1-8-9-10-13-14(6,7)12(4,5)11(2)3/h8-9,11H,10H2,1-7H3/b9-8+. The summed E-state index contributed by atoms with van der Waals surface area (Å²) in [5, 5.41) is 0.328. The van der Waals surface area contributed by atoms with Gasteiger partial charge in [0.15, 0.2) is 8.32 Å². The molecule has 0 amide bonds. The van der Waals surface area contributed by atoms with Gasteiger partial charge in [0.1, 0.15) is 0 Å². The van der Waals surface area contributed by atoms with E-state index >= 15 is 0 Å². The second-order valence-corrected chi connectivity index (χ2v) is 9.86. The molecule has 0 aliphatic heterocycles. The quantitative estimate of drug-likeness (QED) is 0.492. The zero-order valence-corrected chi connectivity index (χ0v) is 11.8. The first-order chi connectivity index (χ1) is 6.25. The Balaban J connectivity index is 4.43. The topological polar surface area (TPSA) is 9.23 Å². The lowest BCUT2D eigenvalue weighted by Gasteiger charge is -2.42. The van der Waals surface area contributed by atoms with E-state index in [9.17, 15) is 0 Å². The van der Waals surface area contributed by atoms with Crippen LogP contribution in [-0.4, -0.2) is 14.9 Å². The number of hydrogen-bond acceptors (Lipinski definition) is 1. The van der Waals surface area contributed by atoms with Gasteiger partial charge in [0, 0.05) is 0 Å². The van der Waals surface area contributed by atoms with Gasteiger partial charge in [0.05, 0.1) is 6.61 Å². The smallest absolute Gasteiger partial charge is 0.192 e. The Morgan fingerprint density at radius 1 is 1.29 bits per heavy atom. The fraction of sp³-hybridized carbons (Fsp3) is 0.833. The van der Waals surface area contributed by atoms with Crippen LogP contribution in [0.15, 0.2) is 12.2 Å². The Bertz CT molecular complexity index is 192. The van der Waals surface area contributed by atoms with E-state index in [1.807, 2.05) is 13.0 Å². The van der Waals surface area contributed by atoms with E-state index in [0.717, 1.165) is 6.61 Å². The first-order valence-electron chi connectivity index (χ1n) is 5.51. The maximum atomic E-state index is 6.05. The lowest BCUT2D eigenvalue weighted by atomic mass is 9.99. The van der Waals surface area contributed by atoms with Crippen molar-refractivity contribution in [3.05, 3.63) is 12.2 Å². The molecule has 0 radical (unpaired) electrons. The molecule has 0 atom stereocenters. The average Bonchev–Trinajstić information content (AvgIpc) is 2.04. The van der Waals surface area contributed by atoms with Gasteiger partial charge in [0.25, 0.3) is 0 Å². The van der Waals surface area contributed by atoms with Crippen molar-refractivity contribution in [3.8, 4) is 0 Å². The van der Waals surface area contributed by atoms with Gasteiger partial charge in [-0.1, -0.05) is 39.8 Å². The zero-order valence-electron chi connectivity index (χ0n) is 10.8. The summed E-state index contributed by atoms with van der Waals surface area (Å²) in [6, 6.07) is 0. The summed E-state index contributed by atoms with van der Waals surface area (Å²) in [6.07, 6.45) is 4.14. The minimum Gasteiger partial charge on any atom is -0.413 e. The molecule has 0 aliphatic carbocycles. The maximum absolute atomic E-state index is 6.05. The molecule has 14 heavy (non-hydrogen) atoms. The molecule has 0 aromatic rings. The molecule has 0 heterocycles. The van der Waals surface area contributed by atoms with E-state index in [4.69, 9.17) is 4.43 Å². The van der Waals surface area contributed by atoms with Crippen molar-refractivity contribution in [3.63, 3.8) is 0 Å². The van der Waals surface area contributed by atoms with E-state index in [1.54, 1.807) is 0 Å². The molecule has 0 aliphatic rings. The summed E-state index contributed by atoms with van der Waals surface area (Å²) in [6.45, 7) is 16.7. The van der Waals surface area contributed by atoms with Crippen molar-refractivity contribution < 1.29 is 4.43 Å². The second-order valence-electron chi connectivity index (χ2n) is 5.27. The molecule has 0 aromatic heterocycles. The lowest BCUT2D eigenvalue weighted by molar-refractivity contribution is 0.298. The van der Waals surface area contributed by atoms with Gasteiger partial charge >= 0.3 is 0 Å². The van der Waals surface area contributed by atoms with Crippen LogP contribution in [-0.2, 0) is 4.43 Å². The molecule has 0 saturated carbocycles. The predicted octanol–water partition coefficient (Wildman–Crippen LogP) is 4.22. The molecule has 0 bridgehead atoms. The summed E-state index contributed by atoms with van der Waals surface area (Å²) in [5.74, 6) is 0.676. The van der Waals surface area contributed by atoms with E-state index in [-0.39, 0.29) is 0 Å². The van der Waals surface area contributed by atoms with Gasteiger partial charge in [-0.15, -0.1) is 0 Å². The van der Waals surface area contributed by atoms with Crippen molar-refractivity contribution in [1.29, 1.82) is 0 Å². The van der Waals surface area contributed by atoms with Crippen LogP contribution in [0.25, 0.3) is 0 Å². The minimum absolute atomic E-state index is 0.328. The van der Waals surface area contributed by atoms with Crippen LogP contribution in [0.2, 0.25) is 18.1 Å². The summed E-state index contributed by atoms with van der Waals surface area (Å²) in [7, 11) is -1.58. The third kappa shape index (κ3) is 3.25. The summed E-state index contributed by atoms with van der Waals surface area (Å²) in [4.78, 5) is 0. The van der Waals surface area contributed by atoms with Crippen LogP contribution in [0.5, 0.6) is 0 Å². The Labute approximate surface area is 90.7 Å². The van der Waals surface area contributed by atoms with Crippen LogP contribution in [0, 0.1) is 5.92 Å². The average molecular weight is 214 g/mol. The first-order valence-corrected chi connectivity index (χ1v) is 8.41. The van der Waals surface area contributed by atoms with Crippen molar-refractivity contribution in [2.45, 2.75) is 52.8 Å². The summed E-state index contributed by atoms with van der Waals surface area (Å²) in [5.41, 5.74) is 0. The predicted molar refractivity (Wildman–Crippen MR) is 67.1 cm³/mol. The highest BCUT2D eigenvalue weighted by atomic mass is 28.4. The molecule has 1 nitrogen and oxygen atoms in total. The Hall–Kier alpha value is -0.0831. The SMILES string of the molecule is C/C=C/CO[Si](C)(C)C(C)(C)C(C)C. The van der Waals surface area contributed by atoms with Gasteiger partial charge in [-0.25, -0.2) is 0 Å². The molecular formula is C12H26OSi. The Kier molecular flexibility index (Phi) is 5.10. The van der Waals surface area contributed by atoms with Crippen LogP contribution in [0.1, 0.15) is 34.6 Å². The lowest BCUT2D eigenvalue weighted by Crippen LogP contribution is -2.45. The highest BCUT2D eigenvalue weighted by molar-refractivity contribution is 6.74. The van der Waals surface area contributed by atoms with Gasteiger partial charge in [-0.2, -0.15) is 0 Å². The molecule has 0 saturated heterocycles. The van der Waals surface area contributed by atoms with Crippen molar-refractivity contribution in [1.82, 2.24) is 0 Å². The third-order valence-corrected chi connectivity index (χ3v) is 8.34. The molecule has 0 unspecified atom stereocenters. The number of rotatable bonds is 5. The Morgan fingerprint density at radius 3 is 2.14 bits per heavy atom. The van der Waals surface area contributed by atoms with Crippen molar-refractivity contribution in [2.24, 2.45) is 5.92 Å². The molecule has 0 spiro atoms. The van der Waals surface area contributed by atoms with Gasteiger partial charge in [0.2, 0.25) is 0 Å². The molecule has 0 fully saturated rings. The molecule has 0 N–H and O–H groups in total. The highest BCUT2D eigenvalue weighted by Crippen LogP contribution is 2.44. The van der Waals surface area contributed by atoms with Gasteiger partial charge < -0.3 is 4.43 Å². The monoisotopic (exact) mass is 214 g/mol. The largest absolute Gasteiger partial charge is 0.413 e. The number of allylic oxidation sites excluding steroid dienone is 1. The van der Waals surface area contributed by atoms with Crippen molar-refractivity contribution in [2.75, 3.05) is 6.61 Å². The van der Waals surface area contributed by atoms with Crippen LogP contribution < -0.4 is 0 Å². The Morgan fingerprint density at radius 2 is 1.79 bits per heavy atom. The number of hydrogen-bond donors (Lipinski definition) is 0. The normalized spacial score (nSPS) is 14.3. The third-order valence-electron chi connectivity index (χ3n) is 3.77. The molecule has 84 valence electrons. The highest BCUT2D eigenvalue weighted by Gasteiger charge is 2.42. The van der Waals surface area contributed by atoms with Crippen LogP contribution in [0.3, 0.4) is 0 Å². The van der Waals surface area contributed by atoms with E-state index in [2.05, 4.69) is 46.9 Å². The fourth-order valence-corrected chi connectivity index (χ4v) is 3.51. The molecular weight excluding hydrogens is 188 g/mol. The van der Waals surface area contributed by atoms with E-state index < -0.39 is 8.32 Å². The summed E-state index contributed by atoms with van der Waals surface area (Å²) < 4.78 is 6.05. The first kappa shape index (κ1) is 13.9. The zero-order chi connectivity index (χ0) is 11.4. The van der Waals surface area contributed by atoms with Gasteiger partial charge in [-0.05, 0) is 31.0 Å².